The molecule has 0 amide bonds. The number of hydrogen-bond acceptors (Lipinski definition) is 3. The van der Waals surface area contributed by atoms with Gasteiger partial charge in [0.05, 0.1) is 0 Å². The maximum Gasteiger partial charge on any atom is 0.0316 e. The molecule has 9 heavy (non-hydrogen) atoms. The molecule has 0 aromatic carbocycles. The molecule has 3 nitrogen and oxygen atoms in total. The van der Waals surface area contributed by atoms with Gasteiger partial charge in [0, 0.05) is 12.5 Å². The van der Waals surface area contributed by atoms with Gasteiger partial charge in [0.1, 0.15) is 0 Å². The third kappa shape index (κ3) is 7.97. The molecule has 0 aliphatic rings. The number of hydrogen-bond donors (Lipinski definition) is 3. The first-order chi connectivity index (χ1) is 4.12. The lowest BCUT2D eigenvalue weighted by Gasteiger charge is -2.25. The molecule has 0 unspecified atom stereocenters. The van der Waals surface area contributed by atoms with Crippen LogP contribution in [0, 0.1) is 0 Å². The van der Waals surface area contributed by atoms with Gasteiger partial charge in [-0.3, -0.25) is 9.11 Å². The fourth-order valence-corrected chi connectivity index (χ4v) is 0.250. The first-order valence-corrected chi connectivity index (χ1v) is 4.32. The van der Waals surface area contributed by atoms with Crippen molar-refractivity contribution in [2.45, 2.75) is 13.8 Å². The fraction of sp³-hybridized carbons (Fsp3) is 0.600. The first kappa shape index (κ1) is 11.7. The average molecular weight is 153 g/mol. The Balaban J connectivity index is 0. The van der Waals surface area contributed by atoms with Crippen LogP contribution in [0.4, 0.5) is 0 Å². The quantitative estimate of drug-likeness (QED) is 0.569. The summed E-state index contributed by atoms with van der Waals surface area (Å²) in [5.41, 5.74) is 0. The second-order valence-electron chi connectivity index (χ2n) is 0.964. The third-order valence-corrected chi connectivity index (χ3v) is 1.60. The maximum absolute atomic E-state index is 8.54. The van der Waals surface area contributed by atoms with Gasteiger partial charge in [-0.05, 0) is 0 Å². The Morgan fingerprint density at radius 2 is 1.78 bits per heavy atom. The molecule has 0 aromatic heterocycles. The van der Waals surface area contributed by atoms with Crippen molar-refractivity contribution in [3.05, 3.63) is 12.0 Å². The van der Waals surface area contributed by atoms with E-state index in [4.69, 9.17) is 9.11 Å². The van der Waals surface area contributed by atoms with E-state index >= 15 is 0 Å². The monoisotopic (exact) mass is 153 g/mol. The Labute approximate surface area is 58.3 Å². The van der Waals surface area contributed by atoms with Crippen LogP contribution in [-0.2, 0) is 0 Å². The molecule has 0 saturated heterocycles. The Bertz CT molecular complexity index is 75.4. The predicted octanol–water partition coefficient (Wildman–Crippen LogP) is 2.04. The molecule has 3 N–H and O–H groups in total. The van der Waals surface area contributed by atoms with Crippen LogP contribution in [0.5, 0.6) is 0 Å². The van der Waals surface area contributed by atoms with Crippen molar-refractivity contribution < 1.29 is 9.11 Å². The minimum Gasteiger partial charge on any atom is -0.282 e. The van der Waals surface area contributed by atoms with Crippen molar-refractivity contribution in [1.29, 1.82) is 0 Å². The van der Waals surface area contributed by atoms with Crippen LogP contribution in [0.2, 0.25) is 0 Å². The third-order valence-electron chi connectivity index (χ3n) is 0.533. The fourth-order valence-electron chi connectivity index (χ4n) is 0.0833. The molecule has 0 fully saturated rings. The summed E-state index contributed by atoms with van der Waals surface area (Å²) in [5, 5.41) is 1.08. The van der Waals surface area contributed by atoms with Crippen LogP contribution in [0.3, 0.4) is 0 Å². The van der Waals surface area contributed by atoms with E-state index < -0.39 is 10.8 Å². The van der Waals surface area contributed by atoms with Crippen LogP contribution in [-0.4, -0.2) is 16.2 Å². The van der Waals surface area contributed by atoms with E-state index in [-0.39, 0.29) is 0 Å². The molecule has 0 rings (SSSR count). The van der Waals surface area contributed by atoms with E-state index in [1.807, 2.05) is 13.8 Å². The van der Waals surface area contributed by atoms with Gasteiger partial charge in [0.2, 0.25) is 0 Å². The molecule has 0 spiro atoms. The molecular weight excluding hydrogens is 138 g/mol. The Morgan fingerprint density at radius 3 is 1.78 bits per heavy atom. The normalized spacial score (nSPS) is 11.2. The smallest absolute Gasteiger partial charge is 0.0316 e. The molecule has 4 heteroatoms. The molecule has 0 saturated carbocycles. The molecule has 0 atom stereocenters. The summed E-state index contributed by atoms with van der Waals surface area (Å²) in [6, 6.07) is 0. The van der Waals surface area contributed by atoms with Crippen molar-refractivity contribution in [2.75, 3.05) is 7.05 Å². The van der Waals surface area contributed by atoms with Crippen molar-refractivity contribution in [3.8, 4) is 0 Å². The maximum atomic E-state index is 8.54. The van der Waals surface area contributed by atoms with Gasteiger partial charge >= 0.3 is 0 Å². The molecule has 0 heterocycles. The zero-order valence-electron chi connectivity index (χ0n) is 6.09. The highest BCUT2D eigenvalue weighted by Gasteiger charge is 1.97. The van der Waals surface area contributed by atoms with E-state index in [9.17, 15) is 0 Å². The van der Waals surface area contributed by atoms with Crippen LogP contribution in [0.1, 0.15) is 13.8 Å². The van der Waals surface area contributed by atoms with Gasteiger partial charge in [-0.25, -0.2) is 4.72 Å². The Kier molecular flexibility index (Phi) is 7.94. The first-order valence-electron chi connectivity index (χ1n) is 2.71. The van der Waals surface area contributed by atoms with E-state index in [1.165, 1.54) is 7.05 Å². The van der Waals surface area contributed by atoms with Crippen LogP contribution in [0.15, 0.2) is 12.0 Å². The minimum atomic E-state index is -2.64. The lowest BCUT2D eigenvalue weighted by Crippen LogP contribution is -2.10. The van der Waals surface area contributed by atoms with Crippen molar-refractivity contribution in [2.24, 2.45) is 0 Å². The largest absolute Gasteiger partial charge is 0.282 e. The van der Waals surface area contributed by atoms with Crippen LogP contribution in [0.25, 0.3) is 0 Å². The van der Waals surface area contributed by atoms with Gasteiger partial charge in [0.25, 0.3) is 0 Å². The Morgan fingerprint density at radius 1 is 1.44 bits per heavy atom. The van der Waals surface area contributed by atoms with Gasteiger partial charge in [-0.1, -0.05) is 20.4 Å². The summed E-state index contributed by atoms with van der Waals surface area (Å²) >= 11 is 0. The van der Waals surface area contributed by atoms with E-state index in [1.54, 1.807) is 0 Å². The second-order valence-corrected chi connectivity index (χ2v) is 2.89. The summed E-state index contributed by atoms with van der Waals surface area (Å²) < 4.78 is 19.4. The highest BCUT2D eigenvalue weighted by molar-refractivity contribution is 8.25. The highest BCUT2D eigenvalue weighted by atomic mass is 32.3. The molecule has 0 aliphatic heterocycles. The van der Waals surface area contributed by atoms with Crippen molar-refractivity contribution >= 4 is 10.8 Å². The average Bonchev–Trinajstić information content (AvgIpc) is 1.93. The van der Waals surface area contributed by atoms with Crippen molar-refractivity contribution in [3.63, 3.8) is 0 Å². The molecule has 0 radical (unpaired) electrons. The van der Waals surface area contributed by atoms with Crippen LogP contribution >= 0.6 is 10.8 Å². The Hall–Kier alpha value is -0.0300. The minimum absolute atomic E-state index is 1.08. The highest BCUT2D eigenvalue weighted by Crippen LogP contribution is 2.32. The lowest BCUT2D eigenvalue weighted by molar-refractivity contribution is 0.489. The number of nitrogens with one attached hydrogen (secondary N) is 1. The molecule has 0 aliphatic carbocycles. The van der Waals surface area contributed by atoms with Gasteiger partial charge in [-0.2, -0.15) is 0 Å². The van der Waals surface area contributed by atoms with E-state index in [0.717, 1.165) is 5.41 Å². The zero-order chi connectivity index (χ0) is 7.91. The summed E-state index contributed by atoms with van der Waals surface area (Å²) in [6.45, 7) is 7.18. The summed E-state index contributed by atoms with van der Waals surface area (Å²) in [5.74, 6) is 0. The zero-order valence-corrected chi connectivity index (χ0v) is 6.90. The SMILES string of the molecule is C=CS(O)(O)NC.CC. The van der Waals surface area contributed by atoms with Gasteiger partial charge in [-0.15, -0.1) is 10.8 Å². The topological polar surface area (TPSA) is 52.5 Å². The van der Waals surface area contributed by atoms with Crippen molar-refractivity contribution in [1.82, 2.24) is 4.72 Å². The molecular formula is C5H15NO2S. The predicted molar refractivity (Wildman–Crippen MR) is 43.5 cm³/mol. The number of rotatable bonds is 2. The summed E-state index contributed by atoms with van der Waals surface area (Å²) in [6.07, 6.45) is 0. The molecule has 0 bridgehead atoms. The van der Waals surface area contributed by atoms with Gasteiger partial charge < -0.3 is 0 Å². The molecule has 58 valence electrons. The van der Waals surface area contributed by atoms with Crippen LogP contribution < -0.4 is 4.72 Å². The summed E-state index contributed by atoms with van der Waals surface area (Å²) in [7, 11) is -1.19. The van der Waals surface area contributed by atoms with Gasteiger partial charge in [0.15, 0.2) is 0 Å². The second kappa shape index (κ2) is 6.10. The molecule has 0 aromatic rings. The van der Waals surface area contributed by atoms with E-state index in [2.05, 4.69) is 11.3 Å². The van der Waals surface area contributed by atoms with E-state index in [0.29, 0.717) is 0 Å². The standard InChI is InChI=1S/C3H9NO2S.C2H6/c1-3-7(5,6)4-2;1-2/h3-6H,1H2,2H3;1-2H3. The summed E-state index contributed by atoms with van der Waals surface area (Å²) in [4.78, 5) is 0. The lowest BCUT2D eigenvalue weighted by atomic mass is 11.0.